The van der Waals surface area contributed by atoms with Gasteiger partial charge in [-0.15, -0.1) is 0 Å². The Hall–Kier alpha value is -2.10. The molecule has 2 aliphatic carbocycles. The van der Waals surface area contributed by atoms with Crippen molar-refractivity contribution in [3.8, 4) is 0 Å². The monoisotopic (exact) mass is 327 g/mol. The molecule has 1 saturated carbocycles. The van der Waals surface area contributed by atoms with E-state index in [1.165, 1.54) is 0 Å². The highest BCUT2D eigenvalue weighted by Crippen LogP contribution is 2.48. The molecule has 5 unspecified atom stereocenters. The minimum atomic E-state index is -0.855. The number of carboxylic acids is 1. The van der Waals surface area contributed by atoms with E-state index in [1.54, 1.807) is 0 Å². The molecule has 0 aromatic heterocycles. The summed E-state index contributed by atoms with van der Waals surface area (Å²) in [4.78, 5) is 24.5. The Morgan fingerprint density at radius 2 is 1.75 bits per heavy atom. The molecule has 0 spiro atoms. The van der Waals surface area contributed by atoms with E-state index < -0.39 is 17.8 Å². The van der Waals surface area contributed by atoms with Crippen molar-refractivity contribution >= 4 is 11.9 Å². The molecule has 2 N–H and O–H groups in total. The van der Waals surface area contributed by atoms with E-state index in [9.17, 15) is 14.7 Å². The topological polar surface area (TPSA) is 66.4 Å². The van der Waals surface area contributed by atoms with E-state index >= 15 is 0 Å². The number of hydrogen-bond acceptors (Lipinski definition) is 2. The molecule has 2 aliphatic rings. The molecule has 1 aromatic rings. The second-order valence-electron chi connectivity index (χ2n) is 7.44. The normalized spacial score (nSPS) is 29.0. The minimum absolute atomic E-state index is 0.00326. The van der Waals surface area contributed by atoms with Gasteiger partial charge < -0.3 is 10.4 Å². The van der Waals surface area contributed by atoms with E-state index in [4.69, 9.17) is 0 Å². The van der Waals surface area contributed by atoms with Crippen LogP contribution in [-0.4, -0.2) is 17.0 Å². The molecule has 4 nitrogen and oxygen atoms in total. The summed E-state index contributed by atoms with van der Waals surface area (Å²) >= 11 is 0. The van der Waals surface area contributed by atoms with Gasteiger partial charge in [0, 0.05) is 0 Å². The number of rotatable bonds is 6. The third kappa shape index (κ3) is 3.23. The fourth-order valence-electron chi connectivity index (χ4n) is 4.22. The van der Waals surface area contributed by atoms with Crippen LogP contribution in [0, 0.1) is 29.6 Å². The van der Waals surface area contributed by atoms with Crippen LogP contribution < -0.4 is 5.32 Å². The van der Waals surface area contributed by atoms with Crippen molar-refractivity contribution in [2.75, 3.05) is 0 Å². The van der Waals surface area contributed by atoms with Crippen LogP contribution in [0.4, 0.5) is 0 Å². The van der Waals surface area contributed by atoms with Crippen molar-refractivity contribution in [2.24, 2.45) is 29.6 Å². The van der Waals surface area contributed by atoms with Crippen molar-refractivity contribution in [1.82, 2.24) is 5.32 Å². The molecule has 24 heavy (non-hydrogen) atoms. The Labute approximate surface area is 143 Å². The summed E-state index contributed by atoms with van der Waals surface area (Å²) in [5, 5.41) is 12.7. The number of benzene rings is 1. The van der Waals surface area contributed by atoms with Gasteiger partial charge in [-0.1, -0.05) is 56.3 Å². The first-order valence-corrected chi connectivity index (χ1v) is 8.73. The van der Waals surface area contributed by atoms with E-state index in [-0.39, 0.29) is 23.8 Å². The Balaban J connectivity index is 1.78. The Morgan fingerprint density at radius 1 is 1.12 bits per heavy atom. The summed E-state index contributed by atoms with van der Waals surface area (Å²) in [6, 6.07) is 9.85. The summed E-state index contributed by atoms with van der Waals surface area (Å²) in [6.07, 6.45) is 5.61. The highest BCUT2D eigenvalue weighted by molar-refractivity contribution is 5.87. The van der Waals surface area contributed by atoms with Crippen LogP contribution in [0.5, 0.6) is 0 Å². The average molecular weight is 327 g/mol. The SMILES string of the molecule is CC(C)CC(NC(=O)C1C2C=CC(C2)C1C(=O)O)c1ccccc1. The van der Waals surface area contributed by atoms with E-state index in [2.05, 4.69) is 19.2 Å². The molecule has 0 saturated heterocycles. The molecule has 1 aromatic carbocycles. The highest BCUT2D eigenvalue weighted by atomic mass is 16.4. The molecule has 4 heteroatoms. The van der Waals surface area contributed by atoms with Crippen LogP contribution in [0.3, 0.4) is 0 Å². The van der Waals surface area contributed by atoms with Gasteiger partial charge in [0.05, 0.1) is 17.9 Å². The first-order valence-electron chi connectivity index (χ1n) is 8.73. The van der Waals surface area contributed by atoms with Gasteiger partial charge in [0.1, 0.15) is 0 Å². The van der Waals surface area contributed by atoms with Gasteiger partial charge in [0.25, 0.3) is 0 Å². The van der Waals surface area contributed by atoms with Crippen molar-refractivity contribution in [1.29, 1.82) is 0 Å². The summed E-state index contributed by atoms with van der Waals surface area (Å²) in [5.41, 5.74) is 1.07. The van der Waals surface area contributed by atoms with Gasteiger partial charge in [-0.05, 0) is 36.2 Å². The number of aliphatic carboxylic acids is 1. The number of allylic oxidation sites excluding steroid dienone is 2. The molecule has 5 atom stereocenters. The van der Waals surface area contributed by atoms with Gasteiger partial charge in [-0.3, -0.25) is 9.59 Å². The third-order valence-corrected chi connectivity index (χ3v) is 5.27. The maximum Gasteiger partial charge on any atom is 0.307 e. The fraction of sp³-hybridized carbons (Fsp3) is 0.500. The number of nitrogens with one attached hydrogen (secondary N) is 1. The lowest BCUT2D eigenvalue weighted by atomic mass is 9.82. The first-order chi connectivity index (χ1) is 11.5. The zero-order valence-electron chi connectivity index (χ0n) is 14.2. The Morgan fingerprint density at radius 3 is 2.33 bits per heavy atom. The Bertz CT molecular complexity index is 638. The molecule has 2 bridgehead atoms. The summed E-state index contributed by atoms with van der Waals surface area (Å²) in [5.74, 6) is -1.51. The zero-order valence-corrected chi connectivity index (χ0v) is 14.2. The lowest BCUT2D eigenvalue weighted by Crippen LogP contribution is -2.41. The molecular formula is C20H25NO3. The van der Waals surface area contributed by atoms with Gasteiger partial charge in [0.15, 0.2) is 0 Å². The summed E-state index contributed by atoms with van der Waals surface area (Å²) < 4.78 is 0. The molecule has 3 rings (SSSR count). The lowest BCUT2D eigenvalue weighted by Gasteiger charge is -2.28. The maximum atomic E-state index is 12.9. The summed E-state index contributed by atoms with van der Waals surface area (Å²) in [7, 11) is 0. The summed E-state index contributed by atoms with van der Waals surface area (Å²) in [6.45, 7) is 4.25. The quantitative estimate of drug-likeness (QED) is 0.787. The third-order valence-electron chi connectivity index (χ3n) is 5.27. The van der Waals surface area contributed by atoms with Crippen molar-refractivity contribution in [3.63, 3.8) is 0 Å². The fourth-order valence-corrected chi connectivity index (χ4v) is 4.22. The van der Waals surface area contributed by atoms with Crippen LogP contribution in [0.15, 0.2) is 42.5 Å². The first kappa shape index (κ1) is 16.7. The van der Waals surface area contributed by atoms with Crippen LogP contribution in [0.1, 0.15) is 38.3 Å². The lowest BCUT2D eigenvalue weighted by molar-refractivity contribution is -0.148. The number of hydrogen-bond donors (Lipinski definition) is 2. The van der Waals surface area contributed by atoms with Crippen LogP contribution in [0.2, 0.25) is 0 Å². The van der Waals surface area contributed by atoms with Crippen molar-refractivity contribution in [2.45, 2.75) is 32.7 Å². The van der Waals surface area contributed by atoms with E-state index in [0.717, 1.165) is 18.4 Å². The maximum absolute atomic E-state index is 12.9. The second kappa shape index (κ2) is 6.80. The van der Waals surface area contributed by atoms with Crippen LogP contribution in [0.25, 0.3) is 0 Å². The zero-order chi connectivity index (χ0) is 17.3. The van der Waals surface area contributed by atoms with Gasteiger partial charge in [-0.2, -0.15) is 0 Å². The molecule has 1 fully saturated rings. The molecule has 0 aliphatic heterocycles. The second-order valence-corrected chi connectivity index (χ2v) is 7.44. The van der Waals surface area contributed by atoms with Gasteiger partial charge in [-0.25, -0.2) is 0 Å². The number of fused-ring (bicyclic) bond motifs is 2. The molecule has 1 amide bonds. The van der Waals surface area contributed by atoms with Crippen LogP contribution in [-0.2, 0) is 9.59 Å². The van der Waals surface area contributed by atoms with Crippen molar-refractivity contribution in [3.05, 3.63) is 48.0 Å². The number of carbonyl (C=O) groups excluding carboxylic acids is 1. The largest absolute Gasteiger partial charge is 0.481 e. The predicted molar refractivity (Wildman–Crippen MR) is 92.1 cm³/mol. The van der Waals surface area contributed by atoms with Gasteiger partial charge in [0.2, 0.25) is 5.91 Å². The molecule has 128 valence electrons. The minimum Gasteiger partial charge on any atom is -0.481 e. The molecule has 0 heterocycles. The number of carbonyl (C=O) groups is 2. The number of amides is 1. The van der Waals surface area contributed by atoms with Crippen molar-refractivity contribution < 1.29 is 14.7 Å². The Kier molecular flexibility index (Phi) is 4.74. The van der Waals surface area contributed by atoms with E-state index in [1.807, 2.05) is 42.5 Å². The number of carboxylic acid groups (broad SMARTS) is 1. The smallest absolute Gasteiger partial charge is 0.307 e. The van der Waals surface area contributed by atoms with E-state index in [0.29, 0.717) is 5.92 Å². The molecule has 0 radical (unpaired) electrons. The standard InChI is InChI=1S/C20H25NO3/c1-12(2)10-16(13-6-4-3-5-7-13)21-19(22)17-14-8-9-15(11-14)18(17)20(23)24/h3-9,12,14-18H,10-11H2,1-2H3,(H,21,22)(H,23,24). The molecular weight excluding hydrogens is 302 g/mol. The average Bonchev–Trinajstić information content (AvgIpc) is 3.15. The highest BCUT2D eigenvalue weighted by Gasteiger charge is 2.51. The predicted octanol–water partition coefficient (Wildman–Crippen LogP) is 3.41. The van der Waals surface area contributed by atoms with Gasteiger partial charge >= 0.3 is 5.97 Å². The van der Waals surface area contributed by atoms with Crippen LogP contribution >= 0.6 is 0 Å².